The van der Waals surface area contributed by atoms with Crippen molar-refractivity contribution in [3.63, 3.8) is 0 Å². The van der Waals surface area contributed by atoms with E-state index in [1.807, 2.05) is 0 Å². The quantitative estimate of drug-likeness (QED) is 0.845. The van der Waals surface area contributed by atoms with E-state index in [1.165, 1.54) is 28.6 Å². The van der Waals surface area contributed by atoms with Crippen LogP contribution in [0.1, 0.15) is 18.4 Å². The average molecular weight is 298 g/mol. The topological polar surface area (TPSA) is 12.5 Å². The summed E-state index contributed by atoms with van der Waals surface area (Å²) in [5, 5.41) is 0. The van der Waals surface area contributed by atoms with Crippen LogP contribution in [-0.2, 0) is 4.74 Å². The van der Waals surface area contributed by atoms with Crippen LogP contribution >= 0.6 is 15.9 Å². The molecule has 1 saturated heterocycles. The van der Waals surface area contributed by atoms with Crippen LogP contribution in [-0.4, -0.2) is 26.8 Å². The number of nitrogens with zero attached hydrogens (tertiary/aromatic N) is 1. The molecule has 2 rings (SSSR count). The fourth-order valence-electron chi connectivity index (χ4n) is 2.29. The maximum absolute atomic E-state index is 5.40. The Balaban J connectivity index is 1.98. The molecule has 0 aromatic heterocycles. The predicted octanol–water partition coefficient (Wildman–Crippen LogP) is 3.62. The van der Waals surface area contributed by atoms with Crippen molar-refractivity contribution in [1.29, 1.82) is 0 Å². The summed E-state index contributed by atoms with van der Waals surface area (Å²) < 4.78 is 6.58. The molecule has 0 N–H and O–H groups in total. The van der Waals surface area contributed by atoms with E-state index in [0.717, 1.165) is 25.7 Å². The molecule has 17 heavy (non-hydrogen) atoms. The van der Waals surface area contributed by atoms with Gasteiger partial charge >= 0.3 is 0 Å². The van der Waals surface area contributed by atoms with E-state index in [9.17, 15) is 0 Å². The lowest BCUT2D eigenvalue weighted by Crippen LogP contribution is -2.29. The van der Waals surface area contributed by atoms with Crippen LogP contribution in [0.3, 0.4) is 0 Å². The summed E-state index contributed by atoms with van der Waals surface area (Å²) in [5.41, 5.74) is 2.60. The zero-order valence-corrected chi connectivity index (χ0v) is 12.2. The van der Waals surface area contributed by atoms with Gasteiger partial charge in [0.25, 0.3) is 0 Å². The summed E-state index contributed by atoms with van der Waals surface area (Å²) in [4.78, 5) is 2.36. The highest BCUT2D eigenvalue weighted by atomic mass is 79.9. The molecule has 0 amide bonds. The second kappa shape index (κ2) is 5.87. The van der Waals surface area contributed by atoms with Gasteiger partial charge in [-0.15, -0.1) is 0 Å². The van der Waals surface area contributed by atoms with Crippen molar-refractivity contribution in [3.8, 4) is 0 Å². The molecule has 0 unspecified atom stereocenters. The maximum atomic E-state index is 5.40. The van der Waals surface area contributed by atoms with Crippen molar-refractivity contribution in [2.45, 2.75) is 19.8 Å². The smallest absolute Gasteiger partial charge is 0.0469 e. The number of anilines is 1. The van der Waals surface area contributed by atoms with E-state index in [4.69, 9.17) is 4.74 Å². The van der Waals surface area contributed by atoms with Gasteiger partial charge in [0.1, 0.15) is 0 Å². The number of ether oxygens (including phenoxy) is 1. The van der Waals surface area contributed by atoms with Gasteiger partial charge in [-0.3, -0.25) is 0 Å². The molecular formula is C14H20BrNO. The number of hydrogen-bond donors (Lipinski definition) is 0. The molecule has 3 heteroatoms. The lowest BCUT2D eigenvalue weighted by molar-refractivity contribution is 0.0685. The van der Waals surface area contributed by atoms with Crippen LogP contribution in [0, 0.1) is 12.8 Å². The number of rotatable bonds is 3. The molecule has 0 atom stereocenters. The first-order chi connectivity index (χ1) is 8.16. The van der Waals surface area contributed by atoms with Gasteiger partial charge in [0.05, 0.1) is 0 Å². The highest BCUT2D eigenvalue weighted by Crippen LogP contribution is 2.24. The number of aryl methyl sites for hydroxylation is 1. The van der Waals surface area contributed by atoms with E-state index < -0.39 is 0 Å². The van der Waals surface area contributed by atoms with Crippen molar-refractivity contribution < 1.29 is 4.74 Å². The zero-order chi connectivity index (χ0) is 12.3. The van der Waals surface area contributed by atoms with Crippen LogP contribution in [0.25, 0.3) is 0 Å². The highest BCUT2D eigenvalue weighted by Gasteiger charge is 2.16. The molecule has 1 heterocycles. The van der Waals surface area contributed by atoms with Crippen molar-refractivity contribution in [2.75, 3.05) is 31.7 Å². The Kier molecular flexibility index (Phi) is 4.46. The van der Waals surface area contributed by atoms with Gasteiger partial charge in [-0.05, 0) is 49.4 Å². The first kappa shape index (κ1) is 12.9. The molecule has 1 aliphatic rings. The maximum Gasteiger partial charge on any atom is 0.0469 e. The minimum Gasteiger partial charge on any atom is -0.381 e. The van der Waals surface area contributed by atoms with Gasteiger partial charge in [-0.2, -0.15) is 0 Å². The van der Waals surface area contributed by atoms with Crippen LogP contribution in [0.2, 0.25) is 0 Å². The van der Waals surface area contributed by atoms with Crippen molar-refractivity contribution in [1.82, 2.24) is 0 Å². The Morgan fingerprint density at radius 2 is 2.06 bits per heavy atom. The Bertz CT molecular complexity index is 374. The van der Waals surface area contributed by atoms with Crippen molar-refractivity contribution in [3.05, 3.63) is 28.2 Å². The monoisotopic (exact) mass is 297 g/mol. The molecular weight excluding hydrogens is 278 g/mol. The lowest BCUT2D eigenvalue weighted by Gasteiger charge is -2.28. The third kappa shape index (κ3) is 3.46. The van der Waals surface area contributed by atoms with Gasteiger partial charge in [0.2, 0.25) is 0 Å². The molecule has 1 aliphatic heterocycles. The molecule has 0 bridgehead atoms. The number of benzene rings is 1. The highest BCUT2D eigenvalue weighted by molar-refractivity contribution is 9.10. The molecule has 94 valence electrons. The zero-order valence-electron chi connectivity index (χ0n) is 10.6. The van der Waals surface area contributed by atoms with Crippen LogP contribution in [0.5, 0.6) is 0 Å². The van der Waals surface area contributed by atoms with Crippen molar-refractivity contribution in [2.24, 2.45) is 5.92 Å². The van der Waals surface area contributed by atoms with Crippen LogP contribution in [0.4, 0.5) is 5.69 Å². The first-order valence-corrected chi connectivity index (χ1v) is 7.01. The number of halogens is 1. The molecule has 0 radical (unpaired) electrons. The third-order valence-corrected chi connectivity index (χ3v) is 4.34. The standard InChI is InChI=1S/C14H20BrNO/c1-11-9-13(3-4-14(11)15)16(2)10-12-5-7-17-8-6-12/h3-4,9,12H,5-8,10H2,1-2H3. The third-order valence-electron chi connectivity index (χ3n) is 3.46. The largest absolute Gasteiger partial charge is 0.381 e. The summed E-state index contributed by atoms with van der Waals surface area (Å²) in [6.07, 6.45) is 2.39. The Labute approximate surface area is 112 Å². The normalized spacial score (nSPS) is 17.1. The van der Waals surface area contributed by atoms with Crippen molar-refractivity contribution >= 4 is 21.6 Å². The molecule has 0 spiro atoms. The minimum absolute atomic E-state index is 0.776. The van der Waals surface area contributed by atoms with Gasteiger partial charge < -0.3 is 9.64 Å². The van der Waals surface area contributed by atoms with Gasteiger partial charge in [-0.1, -0.05) is 15.9 Å². The minimum atomic E-state index is 0.776. The van der Waals surface area contributed by atoms with E-state index in [0.29, 0.717) is 0 Å². The first-order valence-electron chi connectivity index (χ1n) is 6.22. The summed E-state index contributed by atoms with van der Waals surface area (Å²) in [7, 11) is 2.18. The second-order valence-corrected chi connectivity index (χ2v) is 5.72. The molecule has 0 saturated carbocycles. The Hall–Kier alpha value is -0.540. The molecule has 2 nitrogen and oxygen atoms in total. The summed E-state index contributed by atoms with van der Waals surface area (Å²) in [6.45, 7) is 5.12. The number of hydrogen-bond acceptors (Lipinski definition) is 2. The van der Waals surface area contributed by atoms with E-state index in [-0.39, 0.29) is 0 Å². The van der Waals surface area contributed by atoms with Crippen LogP contribution < -0.4 is 4.90 Å². The molecule has 1 fully saturated rings. The summed E-state index contributed by atoms with van der Waals surface area (Å²) in [5.74, 6) is 0.776. The fraction of sp³-hybridized carbons (Fsp3) is 0.571. The Morgan fingerprint density at radius 3 is 2.71 bits per heavy atom. The van der Waals surface area contributed by atoms with Crippen LogP contribution in [0.15, 0.2) is 22.7 Å². The second-order valence-electron chi connectivity index (χ2n) is 4.87. The Morgan fingerprint density at radius 1 is 1.35 bits per heavy atom. The van der Waals surface area contributed by atoms with Gasteiger partial charge in [0, 0.05) is 37.0 Å². The SMILES string of the molecule is Cc1cc(N(C)CC2CCOCC2)ccc1Br. The fourth-order valence-corrected chi connectivity index (χ4v) is 2.53. The van der Waals surface area contributed by atoms with E-state index >= 15 is 0 Å². The summed E-state index contributed by atoms with van der Waals surface area (Å²) >= 11 is 3.54. The molecule has 0 aliphatic carbocycles. The van der Waals surface area contributed by atoms with E-state index in [1.54, 1.807) is 0 Å². The summed E-state index contributed by atoms with van der Waals surface area (Å²) in [6, 6.07) is 6.55. The van der Waals surface area contributed by atoms with E-state index in [2.05, 4.69) is 53.0 Å². The molecule has 1 aromatic carbocycles. The lowest BCUT2D eigenvalue weighted by atomic mass is 9.99. The molecule has 1 aromatic rings. The predicted molar refractivity (Wildman–Crippen MR) is 75.7 cm³/mol. The van der Waals surface area contributed by atoms with Gasteiger partial charge in [0.15, 0.2) is 0 Å². The van der Waals surface area contributed by atoms with Gasteiger partial charge in [-0.25, -0.2) is 0 Å². The average Bonchev–Trinajstić information content (AvgIpc) is 2.34.